The second kappa shape index (κ2) is 4.99. The van der Waals surface area contributed by atoms with Gasteiger partial charge in [-0.3, -0.25) is 4.72 Å². The van der Waals surface area contributed by atoms with Gasteiger partial charge in [-0.05, 0) is 25.1 Å². The van der Waals surface area contributed by atoms with Gasteiger partial charge in [-0.2, -0.15) is 5.10 Å². The van der Waals surface area contributed by atoms with Crippen LogP contribution in [-0.4, -0.2) is 18.2 Å². The van der Waals surface area contributed by atoms with Gasteiger partial charge in [0.15, 0.2) is 0 Å². The molecular formula is C11H12ClN3O2S. The normalized spacial score (nSPS) is 11.4. The lowest BCUT2D eigenvalue weighted by molar-refractivity contribution is 0.599. The van der Waals surface area contributed by atoms with E-state index in [1.807, 2.05) is 6.92 Å². The summed E-state index contributed by atoms with van der Waals surface area (Å²) in [4.78, 5) is 0.124. The average molecular weight is 286 g/mol. The van der Waals surface area contributed by atoms with Gasteiger partial charge in [0.05, 0.1) is 11.1 Å². The van der Waals surface area contributed by atoms with Gasteiger partial charge in [-0.1, -0.05) is 17.7 Å². The molecular weight excluding hydrogens is 274 g/mol. The minimum Gasteiger partial charge on any atom is -0.264 e. The van der Waals surface area contributed by atoms with Gasteiger partial charge in [0.2, 0.25) is 0 Å². The second-order valence-electron chi connectivity index (χ2n) is 3.60. The number of sulfonamides is 1. The van der Waals surface area contributed by atoms with E-state index in [4.69, 9.17) is 11.6 Å². The highest BCUT2D eigenvalue weighted by atomic mass is 35.5. The van der Waals surface area contributed by atoms with Crippen molar-refractivity contribution in [1.82, 2.24) is 9.78 Å². The molecule has 1 N–H and O–H groups in total. The van der Waals surface area contributed by atoms with E-state index < -0.39 is 10.0 Å². The molecule has 0 unspecified atom stereocenters. The van der Waals surface area contributed by atoms with Crippen LogP contribution in [0.2, 0.25) is 5.02 Å². The highest BCUT2D eigenvalue weighted by molar-refractivity contribution is 7.92. The fraction of sp³-hybridized carbons (Fsp3) is 0.182. The molecule has 2 rings (SSSR count). The third kappa shape index (κ3) is 2.65. The maximum atomic E-state index is 12.1. The van der Waals surface area contributed by atoms with Gasteiger partial charge >= 0.3 is 0 Å². The lowest BCUT2D eigenvalue weighted by atomic mass is 10.4. The van der Waals surface area contributed by atoms with Gasteiger partial charge in [0, 0.05) is 17.6 Å². The smallest absolute Gasteiger partial charge is 0.263 e. The molecule has 0 atom stereocenters. The van der Waals surface area contributed by atoms with Crippen molar-refractivity contribution in [2.24, 2.45) is 0 Å². The minimum absolute atomic E-state index is 0.124. The lowest BCUT2D eigenvalue weighted by Gasteiger charge is -2.09. The molecule has 96 valence electrons. The molecule has 0 bridgehead atoms. The Kier molecular flexibility index (Phi) is 3.58. The summed E-state index contributed by atoms with van der Waals surface area (Å²) in [5.74, 6) is 0.428. The standard InChI is InChI=1S/C11H12ClN3O2S/c1-2-15-11(6-7-13-15)14-18(16,17)10-5-3-4-9(12)8-10/h3-8,14H,2H2,1H3. The zero-order chi connectivity index (χ0) is 13.2. The molecule has 0 aliphatic rings. The number of aromatic nitrogens is 2. The third-order valence-electron chi connectivity index (χ3n) is 2.36. The van der Waals surface area contributed by atoms with Gasteiger partial charge in [0.1, 0.15) is 5.82 Å². The maximum Gasteiger partial charge on any atom is 0.263 e. The predicted octanol–water partition coefficient (Wildman–Crippen LogP) is 2.36. The predicted molar refractivity (Wildman–Crippen MR) is 70.2 cm³/mol. The lowest BCUT2D eigenvalue weighted by Crippen LogP contribution is -2.16. The molecule has 7 heteroatoms. The Morgan fingerprint density at radius 2 is 2.17 bits per heavy atom. The number of aryl methyl sites for hydroxylation is 1. The Morgan fingerprint density at radius 1 is 1.39 bits per heavy atom. The van der Waals surface area contributed by atoms with E-state index in [2.05, 4.69) is 9.82 Å². The van der Waals surface area contributed by atoms with Crippen LogP contribution in [0.15, 0.2) is 41.4 Å². The second-order valence-corrected chi connectivity index (χ2v) is 5.71. The van der Waals surface area contributed by atoms with Crippen LogP contribution in [0.4, 0.5) is 5.82 Å². The molecule has 0 saturated carbocycles. The van der Waals surface area contributed by atoms with Crippen LogP contribution >= 0.6 is 11.6 Å². The number of hydrogen-bond donors (Lipinski definition) is 1. The molecule has 2 aromatic rings. The molecule has 0 fully saturated rings. The van der Waals surface area contributed by atoms with Gasteiger partial charge in [-0.15, -0.1) is 0 Å². The van der Waals surface area contributed by atoms with Gasteiger partial charge < -0.3 is 0 Å². The average Bonchev–Trinajstić information content (AvgIpc) is 2.75. The minimum atomic E-state index is -3.63. The zero-order valence-corrected chi connectivity index (χ0v) is 11.2. The van der Waals surface area contributed by atoms with Crippen LogP contribution < -0.4 is 4.72 Å². The summed E-state index contributed by atoms with van der Waals surface area (Å²) < 4.78 is 28.3. The van der Waals surface area contributed by atoms with Crippen molar-refractivity contribution in [1.29, 1.82) is 0 Å². The van der Waals surface area contributed by atoms with Crippen molar-refractivity contribution in [2.75, 3.05) is 4.72 Å². The van der Waals surface area contributed by atoms with E-state index in [1.54, 1.807) is 29.1 Å². The molecule has 0 aliphatic carbocycles. The number of halogens is 1. The van der Waals surface area contributed by atoms with Crippen LogP contribution in [-0.2, 0) is 16.6 Å². The van der Waals surface area contributed by atoms with Crippen molar-refractivity contribution >= 4 is 27.4 Å². The monoisotopic (exact) mass is 285 g/mol. The molecule has 1 aromatic heterocycles. The Hall–Kier alpha value is -1.53. The molecule has 0 saturated heterocycles. The summed E-state index contributed by atoms with van der Waals surface area (Å²) in [5, 5.41) is 4.37. The number of nitrogens with one attached hydrogen (secondary N) is 1. The Balaban J connectivity index is 2.33. The Labute approximate surface area is 110 Å². The molecule has 1 heterocycles. The number of nitrogens with zero attached hydrogens (tertiary/aromatic N) is 2. The van der Waals surface area contributed by atoms with Crippen molar-refractivity contribution in [3.8, 4) is 0 Å². The fourth-order valence-electron chi connectivity index (χ4n) is 1.50. The first-order valence-electron chi connectivity index (χ1n) is 5.33. The molecule has 18 heavy (non-hydrogen) atoms. The van der Waals surface area contributed by atoms with E-state index >= 15 is 0 Å². The van der Waals surface area contributed by atoms with E-state index in [0.717, 1.165) is 0 Å². The highest BCUT2D eigenvalue weighted by Crippen LogP contribution is 2.18. The third-order valence-corrected chi connectivity index (χ3v) is 3.95. The number of hydrogen-bond acceptors (Lipinski definition) is 3. The number of rotatable bonds is 4. The topological polar surface area (TPSA) is 64.0 Å². The first-order chi connectivity index (χ1) is 8.53. The van der Waals surface area contributed by atoms with E-state index in [-0.39, 0.29) is 4.90 Å². The molecule has 1 aromatic carbocycles. The summed E-state index contributed by atoms with van der Waals surface area (Å²) in [7, 11) is -3.63. The molecule has 0 radical (unpaired) electrons. The quantitative estimate of drug-likeness (QED) is 0.938. The number of anilines is 1. The summed E-state index contributed by atoms with van der Waals surface area (Å²) in [6.07, 6.45) is 1.54. The molecule has 0 amide bonds. The van der Waals surface area contributed by atoms with E-state index in [9.17, 15) is 8.42 Å². The Bertz CT molecular complexity index is 652. The van der Waals surface area contributed by atoms with Gasteiger partial charge in [0.25, 0.3) is 10.0 Å². The van der Waals surface area contributed by atoms with E-state index in [0.29, 0.717) is 17.4 Å². The molecule has 0 spiro atoms. The summed E-state index contributed by atoms with van der Waals surface area (Å²) in [6.45, 7) is 2.46. The zero-order valence-electron chi connectivity index (χ0n) is 9.67. The summed E-state index contributed by atoms with van der Waals surface area (Å²) >= 11 is 5.78. The first kappa shape index (κ1) is 12.9. The Morgan fingerprint density at radius 3 is 2.83 bits per heavy atom. The SMILES string of the molecule is CCn1nccc1NS(=O)(=O)c1cccc(Cl)c1. The van der Waals surface area contributed by atoms with Crippen LogP contribution in [0.25, 0.3) is 0 Å². The van der Waals surface area contributed by atoms with Gasteiger partial charge in [-0.25, -0.2) is 13.1 Å². The summed E-state index contributed by atoms with van der Waals surface area (Å²) in [5.41, 5.74) is 0. The summed E-state index contributed by atoms with van der Waals surface area (Å²) in [6, 6.07) is 7.70. The van der Waals surface area contributed by atoms with Crippen LogP contribution in [0, 0.1) is 0 Å². The van der Waals surface area contributed by atoms with Crippen LogP contribution in [0.3, 0.4) is 0 Å². The van der Waals surface area contributed by atoms with Crippen LogP contribution in [0.5, 0.6) is 0 Å². The maximum absolute atomic E-state index is 12.1. The van der Waals surface area contributed by atoms with E-state index in [1.165, 1.54) is 12.1 Å². The van der Waals surface area contributed by atoms with Crippen molar-refractivity contribution in [3.05, 3.63) is 41.6 Å². The molecule has 5 nitrogen and oxygen atoms in total. The van der Waals surface area contributed by atoms with Crippen molar-refractivity contribution < 1.29 is 8.42 Å². The van der Waals surface area contributed by atoms with Crippen molar-refractivity contribution in [2.45, 2.75) is 18.4 Å². The largest absolute Gasteiger partial charge is 0.264 e. The first-order valence-corrected chi connectivity index (χ1v) is 7.19. The van der Waals surface area contributed by atoms with Crippen molar-refractivity contribution in [3.63, 3.8) is 0 Å². The fourth-order valence-corrected chi connectivity index (χ4v) is 2.86. The highest BCUT2D eigenvalue weighted by Gasteiger charge is 2.16. The molecule has 0 aliphatic heterocycles. The van der Waals surface area contributed by atoms with Crippen LogP contribution in [0.1, 0.15) is 6.92 Å². The number of benzene rings is 1.